The van der Waals surface area contributed by atoms with Crippen molar-refractivity contribution in [2.45, 2.75) is 31.8 Å². The van der Waals surface area contributed by atoms with Crippen molar-refractivity contribution >= 4 is 0 Å². The minimum Gasteiger partial charge on any atom is -0.393 e. The highest BCUT2D eigenvalue weighted by molar-refractivity contribution is 5.22. The molecular formula is C12H16O. The zero-order valence-electron chi connectivity index (χ0n) is 7.98. The van der Waals surface area contributed by atoms with E-state index in [-0.39, 0.29) is 6.10 Å². The summed E-state index contributed by atoms with van der Waals surface area (Å²) in [7, 11) is 0. The molecule has 2 rings (SSSR count). The lowest BCUT2D eigenvalue weighted by atomic mass is 9.69. The minimum absolute atomic E-state index is 0.125. The van der Waals surface area contributed by atoms with Gasteiger partial charge in [0.1, 0.15) is 0 Å². The van der Waals surface area contributed by atoms with Crippen LogP contribution in [0.25, 0.3) is 0 Å². The Labute approximate surface area is 79.4 Å². The summed E-state index contributed by atoms with van der Waals surface area (Å²) < 4.78 is 0. The molecule has 1 aliphatic rings. The predicted molar refractivity (Wildman–Crippen MR) is 53.6 cm³/mol. The molecular weight excluding hydrogens is 160 g/mol. The fourth-order valence-corrected chi connectivity index (χ4v) is 2.05. The Morgan fingerprint density at radius 3 is 2.38 bits per heavy atom. The van der Waals surface area contributed by atoms with Gasteiger partial charge in [-0.05, 0) is 37.2 Å². The standard InChI is InChI=1S/C12H16O/c1-9(13)11-7-12(8-11)10-5-3-2-4-6-10/h2-6,9,11-13H,7-8H2,1H3. The highest BCUT2D eigenvalue weighted by Gasteiger charge is 2.32. The van der Waals surface area contributed by atoms with E-state index in [0.29, 0.717) is 11.8 Å². The van der Waals surface area contributed by atoms with Gasteiger partial charge in [0.15, 0.2) is 0 Å². The number of hydrogen-bond donors (Lipinski definition) is 1. The van der Waals surface area contributed by atoms with Crippen LogP contribution in [0.15, 0.2) is 30.3 Å². The smallest absolute Gasteiger partial charge is 0.0540 e. The van der Waals surface area contributed by atoms with Crippen LogP contribution in [0, 0.1) is 5.92 Å². The number of aliphatic hydroxyl groups excluding tert-OH is 1. The number of hydrogen-bond acceptors (Lipinski definition) is 1. The second kappa shape index (κ2) is 3.51. The molecule has 1 saturated carbocycles. The third-order valence-corrected chi connectivity index (χ3v) is 3.13. The van der Waals surface area contributed by atoms with Crippen molar-refractivity contribution in [1.82, 2.24) is 0 Å². The fraction of sp³-hybridized carbons (Fsp3) is 0.500. The molecule has 1 unspecified atom stereocenters. The molecule has 13 heavy (non-hydrogen) atoms. The Hall–Kier alpha value is -0.820. The lowest BCUT2D eigenvalue weighted by Gasteiger charge is -2.37. The Kier molecular flexibility index (Phi) is 2.36. The highest BCUT2D eigenvalue weighted by Crippen LogP contribution is 2.42. The monoisotopic (exact) mass is 176 g/mol. The largest absolute Gasteiger partial charge is 0.393 e. The van der Waals surface area contributed by atoms with Gasteiger partial charge in [-0.15, -0.1) is 0 Å². The highest BCUT2D eigenvalue weighted by atomic mass is 16.3. The summed E-state index contributed by atoms with van der Waals surface area (Å²) in [4.78, 5) is 0. The molecule has 1 atom stereocenters. The van der Waals surface area contributed by atoms with E-state index in [1.54, 1.807) is 0 Å². The quantitative estimate of drug-likeness (QED) is 0.734. The molecule has 0 heterocycles. The van der Waals surface area contributed by atoms with Crippen LogP contribution in [-0.2, 0) is 0 Å². The van der Waals surface area contributed by atoms with Crippen molar-refractivity contribution in [2.75, 3.05) is 0 Å². The maximum absolute atomic E-state index is 9.34. The van der Waals surface area contributed by atoms with Crippen LogP contribution in [0.2, 0.25) is 0 Å². The number of rotatable bonds is 2. The first-order chi connectivity index (χ1) is 6.27. The molecule has 1 aromatic rings. The average molecular weight is 176 g/mol. The van der Waals surface area contributed by atoms with Crippen molar-refractivity contribution in [3.05, 3.63) is 35.9 Å². The minimum atomic E-state index is -0.125. The molecule has 1 nitrogen and oxygen atoms in total. The third-order valence-electron chi connectivity index (χ3n) is 3.13. The molecule has 1 heteroatoms. The van der Waals surface area contributed by atoms with Crippen molar-refractivity contribution in [1.29, 1.82) is 0 Å². The van der Waals surface area contributed by atoms with Gasteiger partial charge >= 0.3 is 0 Å². The zero-order chi connectivity index (χ0) is 9.26. The first kappa shape index (κ1) is 8.76. The van der Waals surface area contributed by atoms with E-state index in [1.807, 2.05) is 13.0 Å². The maximum Gasteiger partial charge on any atom is 0.0540 e. The molecule has 0 aliphatic heterocycles. The van der Waals surface area contributed by atoms with Gasteiger partial charge in [0.05, 0.1) is 6.10 Å². The van der Waals surface area contributed by atoms with Gasteiger partial charge in [-0.25, -0.2) is 0 Å². The van der Waals surface area contributed by atoms with Crippen LogP contribution in [0.3, 0.4) is 0 Å². The van der Waals surface area contributed by atoms with Crippen LogP contribution in [-0.4, -0.2) is 11.2 Å². The van der Waals surface area contributed by atoms with Gasteiger partial charge in [0, 0.05) is 0 Å². The summed E-state index contributed by atoms with van der Waals surface area (Å²) in [6.45, 7) is 1.89. The normalized spacial score (nSPS) is 29.4. The Morgan fingerprint density at radius 1 is 1.23 bits per heavy atom. The van der Waals surface area contributed by atoms with Crippen molar-refractivity contribution < 1.29 is 5.11 Å². The number of benzene rings is 1. The van der Waals surface area contributed by atoms with E-state index < -0.39 is 0 Å². The first-order valence-electron chi connectivity index (χ1n) is 5.00. The summed E-state index contributed by atoms with van der Waals surface area (Å²) in [6.07, 6.45) is 2.18. The van der Waals surface area contributed by atoms with E-state index in [2.05, 4.69) is 24.3 Å². The van der Waals surface area contributed by atoms with E-state index in [1.165, 1.54) is 5.56 Å². The van der Waals surface area contributed by atoms with E-state index in [9.17, 15) is 5.11 Å². The molecule has 0 bridgehead atoms. The van der Waals surface area contributed by atoms with Gasteiger partial charge in [-0.3, -0.25) is 0 Å². The Balaban J connectivity index is 1.94. The molecule has 1 N–H and O–H groups in total. The molecule has 0 radical (unpaired) electrons. The van der Waals surface area contributed by atoms with Gasteiger partial charge < -0.3 is 5.11 Å². The van der Waals surface area contributed by atoms with Crippen LogP contribution in [0.4, 0.5) is 0 Å². The van der Waals surface area contributed by atoms with Crippen LogP contribution in [0.5, 0.6) is 0 Å². The molecule has 1 fully saturated rings. The zero-order valence-corrected chi connectivity index (χ0v) is 7.98. The Morgan fingerprint density at radius 2 is 1.85 bits per heavy atom. The van der Waals surface area contributed by atoms with Gasteiger partial charge in [0.2, 0.25) is 0 Å². The van der Waals surface area contributed by atoms with Gasteiger partial charge in [-0.2, -0.15) is 0 Å². The molecule has 70 valence electrons. The van der Waals surface area contributed by atoms with Crippen LogP contribution < -0.4 is 0 Å². The Bertz CT molecular complexity index is 260. The van der Waals surface area contributed by atoms with E-state index >= 15 is 0 Å². The fourth-order valence-electron chi connectivity index (χ4n) is 2.05. The molecule has 0 amide bonds. The summed E-state index contributed by atoms with van der Waals surface area (Å²) in [5.41, 5.74) is 1.43. The van der Waals surface area contributed by atoms with Gasteiger partial charge in [0.25, 0.3) is 0 Å². The predicted octanol–water partition coefficient (Wildman–Crippen LogP) is 2.56. The average Bonchev–Trinajstić information content (AvgIpc) is 2.02. The first-order valence-corrected chi connectivity index (χ1v) is 5.00. The molecule has 0 aromatic heterocycles. The van der Waals surface area contributed by atoms with Crippen LogP contribution >= 0.6 is 0 Å². The maximum atomic E-state index is 9.34. The summed E-state index contributed by atoms with van der Waals surface area (Å²) in [5, 5.41) is 9.34. The molecule has 0 saturated heterocycles. The van der Waals surface area contributed by atoms with Crippen molar-refractivity contribution in [2.24, 2.45) is 5.92 Å². The van der Waals surface area contributed by atoms with E-state index in [4.69, 9.17) is 0 Å². The molecule has 1 aromatic carbocycles. The summed E-state index contributed by atoms with van der Waals surface area (Å²) in [5.74, 6) is 1.23. The van der Waals surface area contributed by atoms with Gasteiger partial charge in [-0.1, -0.05) is 30.3 Å². The van der Waals surface area contributed by atoms with Crippen molar-refractivity contribution in [3.8, 4) is 0 Å². The second-order valence-electron chi connectivity index (χ2n) is 4.08. The SMILES string of the molecule is CC(O)C1CC(c2ccccc2)C1. The second-order valence-corrected chi connectivity index (χ2v) is 4.08. The lowest BCUT2D eigenvalue weighted by molar-refractivity contribution is 0.0639. The van der Waals surface area contributed by atoms with Crippen molar-refractivity contribution in [3.63, 3.8) is 0 Å². The molecule has 0 spiro atoms. The summed E-state index contributed by atoms with van der Waals surface area (Å²) >= 11 is 0. The topological polar surface area (TPSA) is 20.2 Å². The van der Waals surface area contributed by atoms with Crippen LogP contribution in [0.1, 0.15) is 31.2 Å². The lowest BCUT2D eigenvalue weighted by Crippen LogP contribution is -2.30. The summed E-state index contributed by atoms with van der Waals surface area (Å²) in [6, 6.07) is 10.6. The van der Waals surface area contributed by atoms with E-state index in [0.717, 1.165) is 12.8 Å². The number of aliphatic hydroxyl groups is 1. The molecule has 1 aliphatic carbocycles. The third kappa shape index (κ3) is 1.75.